The molecule has 0 aliphatic rings. The van der Waals surface area contributed by atoms with Gasteiger partial charge in [0.2, 0.25) is 0 Å². The second-order valence-electron chi connectivity index (χ2n) is 4.72. The molecule has 3 heteroatoms. The summed E-state index contributed by atoms with van der Waals surface area (Å²) >= 11 is 5.87. The first kappa shape index (κ1) is 14.8. The molecular weight excluding hydrogens is 248 g/mol. The van der Waals surface area contributed by atoms with Gasteiger partial charge in [-0.1, -0.05) is 43.7 Å². The molecule has 0 aliphatic heterocycles. The van der Waals surface area contributed by atoms with E-state index in [1.54, 1.807) is 12.1 Å². The van der Waals surface area contributed by atoms with Crippen LogP contribution in [0.1, 0.15) is 20.8 Å². The van der Waals surface area contributed by atoms with E-state index in [9.17, 15) is 4.79 Å². The van der Waals surface area contributed by atoms with Gasteiger partial charge in [-0.2, -0.15) is 0 Å². The smallest absolute Gasteiger partial charge is 0.145 e. The Morgan fingerprint density at radius 2 is 2.11 bits per heavy atom. The van der Waals surface area contributed by atoms with E-state index in [4.69, 9.17) is 16.3 Å². The summed E-state index contributed by atoms with van der Waals surface area (Å²) in [5.74, 6) is 0.550. The first-order valence-electron chi connectivity index (χ1n) is 5.99. The third-order valence-electron chi connectivity index (χ3n) is 2.72. The third kappa shape index (κ3) is 4.19. The lowest BCUT2D eigenvalue weighted by Gasteiger charge is -2.18. The van der Waals surface area contributed by atoms with Crippen LogP contribution in [-0.4, -0.2) is 12.4 Å². The minimum absolute atomic E-state index is 0.0188. The van der Waals surface area contributed by atoms with Crippen LogP contribution in [0.25, 0.3) is 0 Å². The molecule has 0 N–H and O–H groups in total. The molecule has 0 spiro atoms. The van der Waals surface area contributed by atoms with Gasteiger partial charge in [0.1, 0.15) is 18.1 Å². The van der Waals surface area contributed by atoms with Crippen LogP contribution >= 0.6 is 11.6 Å². The van der Waals surface area contributed by atoms with E-state index in [0.717, 1.165) is 5.57 Å². The summed E-state index contributed by atoms with van der Waals surface area (Å²) in [6.07, 6.45) is 0. The van der Waals surface area contributed by atoms with Gasteiger partial charge in [-0.05, 0) is 25.1 Å². The standard InChI is InChI=1S/C15H19ClO2/c1-10(2)14(15(17)11(3)4)9-18-13-7-5-6-12(16)8-13/h5-8,11,14H,1,9H2,2-4H3. The van der Waals surface area contributed by atoms with Gasteiger partial charge in [0, 0.05) is 10.9 Å². The average Bonchev–Trinajstić information content (AvgIpc) is 2.28. The lowest BCUT2D eigenvalue weighted by molar-refractivity contribution is -0.125. The molecule has 1 unspecified atom stereocenters. The Balaban J connectivity index is 2.69. The topological polar surface area (TPSA) is 26.3 Å². The van der Waals surface area contributed by atoms with E-state index in [1.165, 1.54) is 0 Å². The quantitative estimate of drug-likeness (QED) is 0.724. The predicted molar refractivity (Wildman–Crippen MR) is 75.1 cm³/mol. The highest BCUT2D eigenvalue weighted by Crippen LogP contribution is 2.20. The number of Topliss-reactive ketones (excluding diaryl/α,β-unsaturated/α-hetero) is 1. The third-order valence-corrected chi connectivity index (χ3v) is 2.96. The van der Waals surface area contributed by atoms with Gasteiger partial charge in [-0.25, -0.2) is 0 Å². The number of halogens is 1. The summed E-state index contributed by atoms with van der Waals surface area (Å²) in [7, 11) is 0. The predicted octanol–water partition coefficient (Wildman–Crippen LogP) is 4.14. The van der Waals surface area contributed by atoms with Gasteiger partial charge in [0.15, 0.2) is 0 Å². The fourth-order valence-corrected chi connectivity index (χ4v) is 1.79. The molecule has 0 amide bonds. The molecule has 0 saturated heterocycles. The summed E-state index contributed by atoms with van der Waals surface area (Å²) in [6, 6.07) is 7.15. The average molecular weight is 267 g/mol. The van der Waals surface area contributed by atoms with Gasteiger partial charge >= 0.3 is 0 Å². The van der Waals surface area contributed by atoms with Crippen LogP contribution in [0.5, 0.6) is 5.75 Å². The van der Waals surface area contributed by atoms with Crippen molar-refractivity contribution in [2.75, 3.05) is 6.61 Å². The van der Waals surface area contributed by atoms with Crippen molar-refractivity contribution in [2.45, 2.75) is 20.8 Å². The van der Waals surface area contributed by atoms with Crippen LogP contribution in [0.15, 0.2) is 36.4 Å². The fraction of sp³-hybridized carbons (Fsp3) is 0.400. The highest BCUT2D eigenvalue weighted by Gasteiger charge is 2.22. The maximum Gasteiger partial charge on any atom is 0.145 e. The number of rotatable bonds is 6. The number of hydrogen-bond donors (Lipinski definition) is 0. The molecule has 0 aliphatic carbocycles. The molecule has 0 aromatic heterocycles. The fourth-order valence-electron chi connectivity index (χ4n) is 1.61. The SMILES string of the molecule is C=C(C)C(COc1cccc(Cl)c1)C(=O)C(C)C. The number of hydrogen-bond acceptors (Lipinski definition) is 2. The minimum Gasteiger partial charge on any atom is -0.492 e. The molecule has 0 radical (unpaired) electrons. The Morgan fingerprint density at radius 3 is 2.61 bits per heavy atom. The van der Waals surface area contributed by atoms with Gasteiger partial charge in [0.25, 0.3) is 0 Å². The van der Waals surface area contributed by atoms with E-state index in [-0.39, 0.29) is 17.6 Å². The van der Waals surface area contributed by atoms with E-state index >= 15 is 0 Å². The van der Waals surface area contributed by atoms with Crippen molar-refractivity contribution in [3.05, 3.63) is 41.4 Å². The highest BCUT2D eigenvalue weighted by molar-refractivity contribution is 6.30. The molecule has 1 aromatic carbocycles. The molecular formula is C15H19ClO2. The van der Waals surface area contributed by atoms with E-state index in [1.807, 2.05) is 32.9 Å². The Kier molecular flexibility index (Phi) is 5.42. The first-order valence-corrected chi connectivity index (χ1v) is 6.37. The zero-order chi connectivity index (χ0) is 13.7. The Labute approximate surface area is 114 Å². The maximum atomic E-state index is 12.0. The summed E-state index contributed by atoms with van der Waals surface area (Å²) in [5.41, 5.74) is 0.829. The van der Waals surface area contributed by atoms with Crippen molar-refractivity contribution in [3.63, 3.8) is 0 Å². The number of benzene rings is 1. The van der Waals surface area contributed by atoms with Crippen LogP contribution in [0, 0.1) is 11.8 Å². The van der Waals surface area contributed by atoms with Gasteiger partial charge in [0.05, 0.1) is 5.92 Å². The van der Waals surface area contributed by atoms with Crippen molar-refractivity contribution in [1.29, 1.82) is 0 Å². The highest BCUT2D eigenvalue weighted by atomic mass is 35.5. The summed E-state index contributed by atoms with van der Waals surface area (Å²) in [4.78, 5) is 12.0. The Morgan fingerprint density at radius 1 is 1.44 bits per heavy atom. The van der Waals surface area contributed by atoms with Crippen LogP contribution in [-0.2, 0) is 4.79 Å². The van der Waals surface area contributed by atoms with Gasteiger partial charge in [-0.15, -0.1) is 0 Å². The molecule has 18 heavy (non-hydrogen) atoms. The van der Waals surface area contributed by atoms with Crippen molar-refractivity contribution in [1.82, 2.24) is 0 Å². The molecule has 0 fully saturated rings. The lowest BCUT2D eigenvalue weighted by Crippen LogP contribution is -2.26. The van der Waals surface area contributed by atoms with Gasteiger partial charge in [-0.3, -0.25) is 4.79 Å². The van der Waals surface area contributed by atoms with Crippen molar-refractivity contribution in [2.24, 2.45) is 11.8 Å². The van der Waals surface area contributed by atoms with E-state index < -0.39 is 0 Å². The van der Waals surface area contributed by atoms with E-state index in [2.05, 4.69) is 6.58 Å². The molecule has 1 atom stereocenters. The Bertz CT molecular complexity index is 438. The number of ether oxygens (including phenoxy) is 1. The van der Waals surface area contributed by atoms with Crippen LogP contribution in [0.4, 0.5) is 0 Å². The number of carbonyl (C=O) groups is 1. The first-order chi connectivity index (χ1) is 8.41. The molecule has 98 valence electrons. The molecule has 0 bridgehead atoms. The molecule has 2 nitrogen and oxygen atoms in total. The minimum atomic E-state index is -0.260. The van der Waals surface area contributed by atoms with Crippen molar-refractivity contribution in [3.8, 4) is 5.75 Å². The van der Waals surface area contributed by atoms with Gasteiger partial charge < -0.3 is 4.74 Å². The largest absolute Gasteiger partial charge is 0.492 e. The molecule has 0 heterocycles. The maximum absolute atomic E-state index is 12.0. The zero-order valence-corrected chi connectivity index (χ0v) is 11.8. The Hall–Kier alpha value is -1.28. The van der Waals surface area contributed by atoms with Crippen LogP contribution in [0.3, 0.4) is 0 Å². The zero-order valence-electron chi connectivity index (χ0n) is 11.1. The number of ketones is 1. The summed E-state index contributed by atoms with van der Waals surface area (Å²) in [6.45, 7) is 9.80. The van der Waals surface area contributed by atoms with Crippen molar-refractivity contribution < 1.29 is 9.53 Å². The van der Waals surface area contributed by atoms with Crippen LogP contribution < -0.4 is 4.74 Å². The normalized spacial score (nSPS) is 12.3. The van der Waals surface area contributed by atoms with Crippen molar-refractivity contribution >= 4 is 17.4 Å². The lowest BCUT2D eigenvalue weighted by atomic mass is 9.91. The number of carbonyl (C=O) groups excluding carboxylic acids is 1. The summed E-state index contributed by atoms with van der Waals surface area (Å²) < 4.78 is 5.62. The van der Waals surface area contributed by atoms with Crippen LogP contribution in [0.2, 0.25) is 5.02 Å². The second kappa shape index (κ2) is 6.60. The second-order valence-corrected chi connectivity index (χ2v) is 5.16. The summed E-state index contributed by atoms with van der Waals surface area (Å²) in [5, 5.41) is 0.620. The monoisotopic (exact) mass is 266 g/mol. The molecule has 1 aromatic rings. The van der Waals surface area contributed by atoms with E-state index in [0.29, 0.717) is 17.4 Å². The molecule has 1 rings (SSSR count). The molecule has 0 saturated carbocycles.